The Bertz CT molecular complexity index is 981. The number of rotatable bonds is 6. The molecule has 0 aliphatic rings. The van der Waals surface area contributed by atoms with E-state index in [2.05, 4.69) is 38.2 Å². The van der Waals surface area contributed by atoms with Gasteiger partial charge >= 0.3 is 0 Å². The number of amides is 1. The Morgan fingerprint density at radius 2 is 1.68 bits per heavy atom. The van der Waals surface area contributed by atoms with Crippen molar-refractivity contribution in [3.05, 3.63) is 76.2 Å². The Kier molecular flexibility index (Phi) is 5.73. The second kappa shape index (κ2) is 8.21. The van der Waals surface area contributed by atoms with E-state index in [-0.39, 0.29) is 11.7 Å². The van der Waals surface area contributed by atoms with Gasteiger partial charge in [0.1, 0.15) is 17.3 Å². The summed E-state index contributed by atoms with van der Waals surface area (Å²) in [5, 5.41) is 2.82. The molecule has 0 saturated heterocycles. The molecule has 0 radical (unpaired) electrons. The Hall–Kier alpha value is -3.21. The number of anilines is 1. The Morgan fingerprint density at radius 1 is 0.964 bits per heavy atom. The molecule has 28 heavy (non-hydrogen) atoms. The molecule has 3 rings (SSSR count). The molecule has 146 valence electrons. The minimum absolute atomic E-state index is 0.260. The third kappa shape index (κ3) is 4.19. The lowest BCUT2D eigenvalue weighted by Gasteiger charge is -2.11. The highest BCUT2D eigenvalue weighted by molar-refractivity contribution is 6.03. The van der Waals surface area contributed by atoms with Gasteiger partial charge in [-0.15, -0.1) is 0 Å². The normalized spacial score (nSPS) is 10.6. The molecule has 0 aliphatic carbocycles. The minimum Gasteiger partial charge on any atom is -0.497 e. The van der Waals surface area contributed by atoms with Crippen molar-refractivity contribution in [1.29, 1.82) is 0 Å². The summed E-state index contributed by atoms with van der Waals surface area (Å²) in [4.78, 5) is 12.6. The summed E-state index contributed by atoms with van der Waals surface area (Å²) in [7, 11) is 3.12. The minimum atomic E-state index is -0.327. The molecule has 2 aromatic carbocycles. The molecule has 0 unspecified atom stereocenters. The van der Waals surface area contributed by atoms with Gasteiger partial charge in [-0.25, -0.2) is 0 Å². The maximum atomic E-state index is 12.6. The van der Waals surface area contributed by atoms with Crippen molar-refractivity contribution in [2.24, 2.45) is 0 Å². The van der Waals surface area contributed by atoms with Gasteiger partial charge in [0.15, 0.2) is 5.76 Å². The summed E-state index contributed by atoms with van der Waals surface area (Å²) in [5.41, 5.74) is 5.47. The first kappa shape index (κ1) is 19.5. The van der Waals surface area contributed by atoms with Crippen molar-refractivity contribution >= 4 is 11.6 Å². The maximum Gasteiger partial charge on any atom is 0.291 e. The molecule has 0 saturated carbocycles. The number of benzene rings is 2. The van der Waals surface area contributed by atoms with Gasteiger partial charge in [0.05, 0.1) is 19.9 Å². The average Bonchev–Trinajstić information content (AvgIpc) is 3.13. The van der Waals surface area contributed by atoms with E-state index < -0.39 is 0 Å². The van der Waals surface area contributed by atoms with Crippen LogP contribution in [0.2, 0.25) is 0 Å². The highest BCUT2D eigenvalue weighted by atomic mass is 16.5. The van der Waals surface area contributed by atoms with Crippen molar-refractivity contribution < 1.29 is 18.7 Å². The summed E-state index contributed by atoms with van der Waals surface area (Å²) in [6.07, 6.45) is 0.650. The highest BCUT2D eigenvalue weighted by Crippen LogP contribution is 2.29. The van der Waals surface area contributed by atoms with E-state index in [1.54, 1.807) is 38.5 Å². The van der Waals surface area contributed by atoms with Gasteiger partial charge in [0.25, 0.3) is 5.91 Å². The summed E-state index contributed by atoms with van der Waals surface area (Å²) in [5.74, 6) is 1.86. The topological polar surface area (TPSA) is 60.7 Å². The number of furan rings is 1. The monoisotopic (exact) mass is 379 g/mol. The highest BCUT2D eigenvalue weighted by Gasteiger charge is 2.15. The molecular formula is C23H25NO4. The molecule has 0 bridgehead atoms. The second-order valence-electron chi connectivity index (χ2n) is 6.84. The number of aryl methyl sites for hydroxylation is 3. The van der Waals surface area contributed by atoms with Crippen LogP contribution in [0.3, 0.4) is 0 Å². The maximum absolute atomic E-state index is 12.6. The van der Waals surface area contributed by atoms with E-state index in [1.165, 1.54) is 22.3 Å². The van der Waals surface area contributed by atoms with E-state index in [9.17, 15) is 4.79 Å². The lowest BCUT2D eigenvalue weighted by atomic mass is 9.97. The number of hydrogen-bond donors (Lipinski definition) is 1. The van der Waals surface area contributed by atoms with Crippen LogP contribution < -0.4 is 14.8 Å². The first-order valence-electron chi connectivity index (χ1n) is 9.10. The van der Waals surface area contributed by atoms with Gasteiger partial charge in [-0.1, -0.05) is 17.7 Å². The van der Waals surface area contributed by atoms with Crippen molar-refractivity contribution in [2.45, 2.75) is 27.2 Å². The molecule has 0 spiro atoms. The van der Waals surface area contributed by atoms with Crippen LogP contribution in [0.1, 0.15) is 38.6 Å². The van der Waals surface area contributed by atoms with Crippen molar-refractivity contribution in [3.8, 4) is 11.5 Å². The average molecular weight is 379 g/mol. The van der Waals surface area contributed by atoms with Gasteiger partial charge in [0, 0.05) is 12.5 Å². The Labute approximate surface area is 165 Å². The van der Waals surface area contributed by atoms with Gasteiger partial charge in [-0.05, 0) is 61.7 Å². The van der Waals surface area contributed by atoms with E-state index in [0.717, 1.165) is 5.76 Å². The molecule has 0 atom stereocenters. The zero-order chi connectivity index (χ0) is 20.3. The third-order valence-electron chi connectivity index (χ3n) is 4.73. The standard InChI is InChI=1S/C23H25NO4/c1-14-10-15(2)19(16(3)11-14)12-18-7-9-21(28-18)23(25)24-20-8-6-17(26-4)13-22(20)27-5/h6-11,13H,12H2,1-5H3,(H,24,25). The van der Waals surface area contributed by atoms with Crippen LogP contribution >= 0.6 is 0 Å². The third-order valence-corrected chi connectivity index (χ3v) is 4.73. The number of ether oxygens (including phenoxy) is 2. The fraction of sp³-hybridized carbons (Fsp3) is 0.261. The van der Waals surface area contributed by atoms with E-state index >= 15 is 0 Å². The van der Waals surface area contributed by atoms with Gasteiger partial charge in [-0.2, -0.15) is 0 Å². The fourth-order valence-corrected chi connectivity index (χ4v) is 3.34. The molecule has 1 heterocycles. The molecule has 5 nitrogen and oxygen atoms in total. The lowest BCUT2D eigenvalue weighted by molar-refractivity contribution is 0.0994. The molecule has 0 aliphatic heterocycles. The summed E-state index contributed by atoms with van der Waals surface area (Å²) in [6, 6.07) is 13.1. The zero-order valence-corrected chi connectivity index (χ0v) is 16.9. The van der Waals surface area contributed by atoms with E-state index in [4.69, 9.17) is 13.9 Å². The second-order valence-corrected chi connectivity index (χ2v) is 6.84. The number of carbonyl (C=O) groups is 1. The largest absolute Gasteiger partial charge is 0.497 e. The van der Waals surface area contributed by atoms with Crippen LogP contribution in [0.15, 0.2) is 46.9 Å². The molecule has 1 amide bonds. The number of nitrogens with one attached hydrogen (secondary N) is 1. The quantitative estimate of drug-likeness (QED) is 0.650. The van der Waals surface area contributed by atoms with Gasteiger partial charge in [-0.3, -0.25) is 4.79 Å². The SMILES string of the molecule is COc1ccc(NC(=O)c2ccc(Cc3c(C)cc(C)cc3C)o2)c(OC)c1. The first-order valence-corrected chi connectivity index (χ1v) is 9.10. The van der Waals surface area contributed by atoms with Crippen molar-refractivity contribution in [1.82, 2.24) is 0 Å². The predicted octanol–water partition coefficient (Wildman–Crippen LogP) is 5.07. The summed E-state index contributed by atoms with van der Waals surface area (Å²) < 4.78 is 16.3. The van der Waals surface area contributed by atoms with Crippen LogP contribution in [0.4, 0.5) is 5.69 Å². The summed E-state index contributed by atoms with van der Waals surface area (Å²) in [6.45, 7) is 6.29. The number of hydrogen-bond acceptors (Lipinski definition) is 4. The molecule has 1 N–H and O–H groups in total. The van der Waals surface area contributed by atoms with E-state index in [0.29, 0.717) is 23.6 Å². The molecule has 5 heteroatoms. The zero-order valence-electron chi connectivity index (χ0n) is 16.9. The van der Waals surface area contributed by atoms with Crippen LogP contribution in [0.25, 0.3) is 0 Å². The van der Waals surface area contributed by atoms with E-state index in [1.807, 2.05) is 6.07 Å². The van der Waals surface area contributed by atoms with Gasteiger partial charge in [0.2, 0.25) is 0 Å². The van der Waals surface area contributed by atoms with Crippen LogP contribution in [-0.4, -0.2) is 20.1 Å². The Balaban J connectivity index is 1.76. The molecule has 3 aromatic rings. The first-order chi connectivity index (χ1) is 13.4. The molecular weight excluding hydrogens is 354 g/mol. The van der Waals surface area contributed by atoms with Crippen molar-refractivity contribution in [3.63, 3.8) is 0 Å². The smallest absolute Gasteiger partial charge is 0.291 e. The number of carbonyl (C=O) groups excluding carboxylic acids is 1. The van der Waals surface area contributed by atoms with Crippen LogP contribution in [0, 0.1) is 20.8 Å². The lowest BCUT2D eigenvalue weighted by Crippen LogP contribution is -2.11. The van der Waals surface area contributed by atoms with Crippen LogP contribution in [0.5, 0.6) is 11.5 Å². The van der Waals surface area contributed by atoms with Crippen molar-refractivity contribution in [2.75, 3.05) is 19.5 Å². The Morgan fingerprint density at radius 3 is 2.32 bits per heavy atom. The number of methoxy groups -OCH3 is 2. The fourth-order valence-electron chi connectivity index (χ4n) is 3.34. The predicted molar refractivity (Wildman–Crippen MR) is 110 cm³/mol. The summed E-state index contributed by atoms with van der Waals surface area (Å²) >= 11 is 0. The molecule has 0 fully saturated rings. The molecule has 1 aromatic heterocycles. The van der Waals surface area contributed by atoms with Crippen LogP contribution in [-0.2, 0) is 6.42 Å². The van der Waals surface area contributed by atoms with Gasteiger partial charge < -0.3 is 19.2 Å².